The highest BCUT2D eigenvalue weighted by atomic mass is 35.5. The average molecular weight is 438 g/mol. The molecule has 0 unspecified atom stereocenters. The van der Waals surface area contributed by atoms with E-state index in [9.17, 15) is 4.79 Å². The number of carbonyl (C=O) groups excluding carboxylic acids is 1. The van der Waals surface area contributed by atoms with Crippen molar-refractivity contribution in [2.75, 3.05) is 18.8 Å². The van der Waals surface area contributed by atoms with Crippen LogP contribution in [0.3, 0.4) is 0 Å². The number of aromatic nitrogens is 2. The van der Waals surface area contributed by atoms with Gasteiger partial charge in [0.05, 0.1) is 0 Å². The summed E-state index contributed by atoms with van der Waals surface area (Å²) in [4.78, 5) is 11.8. The molecule has 3 rings (SSSR count). The Morgan fingerprint density at radius 2 is 1.97 bits per heavy atom. The lowest BCUT2D eigenvalue weighted by Gasteiger charge is -2.10. The number of amides is 1. The highest BCUT2D eigenvalue weighted by Crippen LogP contribution is 2.19. The first kappa shape index (κ1) is 22.5. The standard InChI is InChI=1S/C19H20ClN5O3.ClH/c20-16-7-2-1-5-14(16)12-27-15-6-3-4-13(10-15)11-22-8-9-23-19(26)17-18(21)25-28-24-17;/h1-7,10,22H,8-9,11-12H2,(H2,21,25)(H,23,26);1H. The second kappa shape index (κ2) is 11.3. The monoisotopic (exact) mass is 437 g/mol. The van der Waals surface area contributed by atoms with Crippen LogP contribution in [0.1, 0.15) is 21.6 Å². The Morgan fingerprint density at radius 1 is 1.14 bits per heavy atom. The summed E-state index contributed by atoms with van der Waals surface area (Å²) in [5.74, 6) is 0.316. The normalized spacial score (nSPS) is 10.2. The zero-order chi connectivity index (χ0) is 19.8. The van der Waals surface area contributed by atoms with E-state index in [-0.39, 0.29) is 23.9 Å². The molecule has 1 amide bonds. The minimum absolute atomic E-state index is 0. The fraction of sp³-hybridized carbons (Fsp3) is 0.211. The third-order valence-corrected chi connectivity index (χ3v) is 4.26. The number of rotatable bonds is 9. The number of nitrogens with one attached hydrogen (secondary N) is 2. The third-order valence-electron chi connectivity index (χ3n) is 3.90. The first-order valence-corrected chi connectivity index (χ1v) is 9.03. The van der Waals surface area contributed by atoms with Crippen LogP contribution in [0.5, 0.6) is 5.75 Å². The summed E-state index contributed by atoms with van der Waals surface area (Å²) < 4.78 is 10.2. The number of anilines is 1. The molecule has 10 heteroatoms. The van der Waals surface area contributed by atoms with Crippen molar-refractivity contribution in [3.05, 3.63) is 70.4 Å². The van der Waals surface area contributed by atoms with Crippen LogP contribution in [0.4, 0.5) is 5.82 Å². The van der Waals surface area contributed by atoms with E-state index in [1.165, 1.54) is 0 Å². The maximum Gasteiger partial charge on any atom is 0.277 e. The SMILES string of the molecule is Cl.Nc1nonc1C(=O)NCCNCc1cccc(OCc2ccccc2Cl)c1. The summed E-state index contributed by atoms with van der Waals surface area (Å²) in [6, 6.07) is 15.4. The molecule has 0 aliphatic carbocycles. The van der Waals surface area contributed by atoms with Crippen molar-refractivity contribution in [2.24, 2.45) is 0 Å². The van der Waals surface area contributed by atoms with Crippen LogP contribution in [0.25, 0.3) is 0 Å². The van der Waals surface area contributed by atoms with Gasteiger partial charge in [-0.3, -0.25) is 4.79 Å². The van der Waals surface area contributed by atoms with Crippen molar-refractivity contribution in [1.29, 1.82) is 0 Å². The molecule has 3 aromatic rings. The molecule has 1 aromatic heterocycles. The zero-order valence-corrected chi connectivity index (χ0v) is 17.0. The lowest BCUT2D eigenvalue weighted by Crippen LogP contribution is -2.32. The number of nitrogens with zero attached hydrogens (tertiary/aromatic N) is 2. The van der Waals surface area contributed by atoms with Crippen molar-refractivity contribution in [1.82, 2.24) is 20.9 Å². The molecule has 2 aromatic carbocycles. The van der Waals surface area contributed by atoms with Crippen LogP contribution >= 0.6 is 24.0 Å². The first-order chi connectivity index (χ1) is 13.6. The Hall–Kier alpha value is -2.81. The fourth-order valence-corrected chi connectivity index (χ4v) is 2.65. The minimum atomic E-state index is -0.421. The molecule has 154 valence electrons. The van der Waals surface area contributed by atoms with Crippen LogP contribution < -0.4 is 21.1 Å². The Labute approximate surface area is 179 Å². The lowest BCUT2D eigenvalue weighted by molar-refractivity contribution is 0.0944. The predicted molar refractivity (Wildman–Crippen MR) is 112 cm³/mol. The molecule has 1 heterocycles. The quantitative estimate of drug-likeness (QED) is 0.440. The number of carbonyl (C=O) groups is 1. The van der Waals surface area contributed by atoms with Crippen LogP contribution in [-0.4, -0.2) is 29.3 Å². The Kier molecular flexibility index (Phi) is 8.72. The molecule has 0 radical (unpaired) electrons. The van der Waals surface area contributed by atoms with Crippen molar-refractivity contribution >= 4 is 35.7 Å². The number of nitrogen functional groups attached to an aromatic ring is 1. The van der Waals surface area contributed by atoms with E-state index in [1.54, 1.807) is 0 Å². The van der Waals surface area contributed by atoms with Crippen molar-refractivity contribution in [3.8, 4) is 5.75 Å². The van der Waals surface area contributed by atoms with Gasteiger partial charge in [0.25, 0.3) is 5.91 Å². The maximum absolute atomic E-state index is 11.8. The van der Waals surface area contributed by atoms with Gasteiger partial charge in [0, 0.05) is 30.2 Å². The van der Waals surface area contributed by atoms with E-state index < -0.39 is 5.91 Å². The average Bonchev–Trinajstić information content (AvgIpc) is 3.13. The van der Waals surface area contributed by atoms with Gasteiger partial charge in [0.15, 0.2) is 0 Å². The summed E-state index contributed by atoms with van der Waals surface area (Å²) in [7, 11) is 0. The lowest BCUT2D eigenvalue weighted by atomic mass is 10.2. The molecule has 0 saturated carbocycles. The minimum Gasteiger partial charge on any atom is -0.489 e. The van der Waals surface area contributed by atoms with Gasteiger partial charge in [-0.1, -0.05) is 41.9 Å². The predicted octanol–water partition coefficient (Wildman–Crippen LogP) is 2.83. The number of hydrogen-bond acceptors (Lipinski definition) is 7. The Morgan fingerprint density at radius 3 is 2.72 bits per heavy atom. The molecule has 0 spiro atoms. The van der Waals surface area contributed by atoms with Gasteiger partial charge in [-0.2, -0.15) is 0 Å². The van der Waals surface area contributed by atoms with Crippen LogP contribution in [-0.2, 0) is 13.2 Å². The van der Waals surface area contributed by atoms with Crippen molar-refractivity contribution in [2.45, 2.75) is 13.2 Å². The van der Waals surface area contributed by atoms with Crippen molar-refractivity contribution < 1.29 is 14.2 Å². The van der Waals surface area contributed by atoms with Gasteiger partial charge in [0.2, 0.25) is 11.5 Å². The van der Waals surface area contributed by atoms with Gasteiger partial charge >= 0.3 is 0 Å². The summed E-state index contributed by atoms with van der Waals surface area (Å²) in [6.07, 6.45) is 0. The zero-order valence-electron chi connectivity index (χ0n) is 15.4. The third kappa shape index (κ3) is 6.63. The van der Waals surface area contributed by atoms with Crippen LogP contribution in [0.2, 0.25) is 5.02 Å². The summed E-state index contributed by atoms with van der Waals surface area (Å²) in [5, 5.41) is 13.4. The smallest absolute Gasteiger partial charge is 0.277 e. The largest absolute Gasteiger partial charge is 0.489 e. The van der Waals surface area contributed by atoms with E-state index in [0.29, 0.717) is 31.3 Å². The number of halogens is 2. The molecule has 0 bridgehead atoms. The molecular formula is C19H21Cl2N5O3. The van der Waals surface area contributed by atoms with Gasteiger partial charge in [-0.25, -0.2) is 4.63 Å². The van der Waals surface area contributed by atoms with Crippen LogP contribution in [0, 0.1) is 0 Å². The van der Waals surface area contributed by atoms with Crippen LogP contribution in [0.15, 0.2) is 53.2 Å². The maximum atomic E-state index is 11.8. The summed E-state index contributed by atoms with van der Waals surface area (Å²) in [6.45, 7) is 2.02. The molecule has 0 atom stereocenters. The van der Waals surface area contributed by atoms with Gasteiger partial charge < -0.3 is 21.1 Å². The molecule has 0 aliphatic rings. The second-order valence-corrected chi connectivity index (χ2v) is 6.37. The summed E-state index contributed by atoms with van der Waals surface area (Å²) in [5.41, 5.74) is 7.46. The first-order valence-electron chi connectivity index (χ1n) is 8.65. The number of benzene rings is 2. The molecule has 8 nitrogen and oxygen atoms in total. The highest BCUT2D eigenvalue weighted by molar-refractivity contribution is 6.31. The van der Waals surface area contributed by atoms with Gasteiger partial charge in [-0.15, -0.1) is 12.4 Å². The Balaban J connectivity index is 0.00000300. The Bertz CT molecular complexity index is 935. The van der Waals surface area contributed by atoms with E-state index in [4.69, 9.17) is 22.1 Å². The van der Waals surface area contributed by atoms with E-state index in [0.717, 1.165) is 16.9 Å². The molecule has 0 fully saturated rings. The number of nitrogens with two attached hydrogens (primary N) is 1. The van der Waals surface area contributed by atoms with Gasteiger partial charge in [0.1, 0.15) is 12.4 Å². The second-order valence-electron chi connectivity index (χ2n) is 5.96. The highest BCUT2D eigenvalue weighted by Gasteiger charge is 2.14. The molecular weight excluding hydrogens is 417 g/mol. The summed E-state index contributed by atoms with van der Waals surface area (Å²) >= 11 is 6.14. The number of ether oxygens (including phenoxy) is 1. The topological polar surface area (TPSA) is 115 Å². The molecule has 0 aliphatic heterocycles. The van der Waals surface area contributed by atoms with Gasteiger partial charge in [-0.05, 0) is 34.1 Å². The van der Waals surface area contributed by atoms with Crippen molar-refractivity contribution in [3.63, 3.8) is 0 Å². The molecule has 29 heavy (non-hydrogen) atoms. The number of hydrogen-bond donors (Lipinski definition) is 3. The molecule has 4 N–H and O–H groups in total. The molecule has 0 saturated heterocycles. The fourth-order valence-electron chi connectivity index (χ4n) is 2.46. The van der Waals surface area contributed by atoms with E-state index in [2.05, 4.69) is 25.6 Å². The van der Waals surface area contributed by atoms with E-state index >= 15 is 0 Å². The van der Waals surface area contributed by atoms with E-state index in [1.807, 2.05) is 48.5 Å².